The number of sulfonamides is 1. The van der Waals surface area contributed by atoms with Crippen LogP contribution in [0.5, 0.6) is 0 Å². The molecule has 19 heavy (non-hydrogen) atoms. The van der Waals surface area contributed by atoms with Crippen molar-refractivity contribution in [3.05, 3.63) is 22.2 Å². The SMILES string of the molecule is CC1CCCN(S(=O)(=O)c2ccc(Cl)c(N)c2Cl)C1. The fourth-order valence-electron chi connectivity index (χ4n) is 2.25. The Bertz CT molecular complexity index is 590. The molecule has 1 fully saturated rings. The lowest BCUT2D eigenvalue weighted by Gasteiger charge is -2.30. The Morgan fingerprint density at radius 3 is 2.68 bits per heavy atom. The molecule has 1 aromatic carbocycles. The zero-order valence-electron chi connectivity index (χ0n) is 10.6. The summed E-state index contributed by atoms with van der Waals surface area (Å²) in [5, 5.41) is 0.265. The van der Waals surface area contributed by atoms with Gasteiger partial charge in [0.2, 0.25) is 10.0 Å². The Morgan fingerprint density at radius 2 is 2.05 bits per heavy atom. The quantitative estimate of drug-likeness (QED) is 0.851. The van der Waals surface area contributed by atoms with Crippen LogP contribution in [0.4, 0.5) is 5.69 Å². The van der Waals surface area contributed by atoms with Crippen molar-refractivity contribution >= 4 is 38.9 Å². The molecule has 1 heterocycles. The fourth-order valence-corrected chi connectivity index (χ4v) is 4.59. The van der Waals surface area contributed by atoms with E-state index < -0.39 is 10.0 Å². The highest BCUT2D eigenvalue weighted by atomic mass is 35.5. The summed E-state index contributed by atoms with van der Waals surface area (Å²) in [6.07, 6.45) is 1.91. The first-order valence-corrected chi connectivity index (χ1v) is 8.27. The van der Waals surface area contributed by atoms with E-state index in [9.17, 15) is 8.42 Å². The lowest BCUT2D eigenvalue weighted by atomic mass is 10.0. The maximum Gasteiger partial charge on any atom is 0.244 e. The summed E-state index contributed by atoms with van der Waals surface area (Å²) in [6.45, 7) is 3.08. The van der Waals surface area contributed by atoms with Gasteiger partial charge in [-0.15, -0.1) is 0 Å². The van der Waals surface area contributed by atoms with Crippen LogP contribution in [0, 0.1) is 5.92 Å². The van der Waals surface area contributed by atoms with Gasteiger partial charge in [0, 0.05) is 13.1 Å². The highest BCUT2D eigenvalue weighted by Gasteiger charge is 2.31. The minimum Gasteiger partial charge on any atom is -0.396 e. The van der Waals surface area contributed by atoms with Gasteiger partial charge in [-0.25, -0.2) is 8.42 Å². The monoisotopic (exact) mass is 322 g/mol. The second-order valence-corrected chi connectivity index (χ2v) is 7.58. The number of nitrogen functional groups attached to an aromatic ring is 1. The summed E-state index contributed by atoms with van der Waals surface area (Å²) in [5.41, 5.74) is 5.80. The molecule has 0 saturated carbocycles. The Balaban J connectivity index is 2.42. The van der Waals surface area contributed by atoms with Crippen LogP contribution in [-0.2, 0) is 10.0 Å². The van der Waals surface area contributed by atoms with E-state index in [-0.39, 0.29) is 20.6 Å². The lowest BCUT2D eigenvalue weighted by Crippen LogP contribution is -2.39. The minimum absolute atomic E-state index is 0.00530. The predicted molar refractivity (Wildman–Crippen MR) is 78.0 cm³/mol. The zero-order valence-corrected chi connectivity index (χ0v) is 12.9. The van der Waals surface area contributed by atoms with Crippen molar-refractivity contribution in [2.45, 2.75) is 24.7 Å². The molecule has 2 N–H and O–H groups in total. The van der Waals surface area contributed by atoms with Gasteiger partial charge in [0.05, 0.1) is 15.7 Å². The maximum atomic E-state index is 12.6. The van der Waals surface area contributed by atoms with Crippen molar-refractivity contribution < 1.29 is 8.42 Å². The van der Waals surface area contributed by atoms with Gasteiger partial charge < -0.3 is 5.73 Å². The first-order chi connectivity index (χ1) is 8.84. The molecular formula is C12H16Cl2N2O2S. The maximum absolute atomic E-state index is 12.6. The van der Waals surface area contributed by atoms with E-state index in [1.807, 2.05) is 6.92 Å². The molecule has 1 aliphatic rings. The van der Waals surface area contributed by atoms with Crippen LogP contribution >= 0.6 is 23.2 Å². The van der Waals surface area contributed by atoms with Gasteiger partial charge in [-0.3, -0.25) is 0 Å². The Kier molecular flexibility index (Phi) is 4.30. The molecule has 0 radical (unpaired) electrons. The van der Waals surface area contributed by atoms with Gasteiger partial charge in [-0.1, -0.05) is 30.1 Å². The molecular weight excluding hydrogens is 307 g/mol. The van der Waals surface area contributed by atoms with E-state index in [4.69, 9.17) is 28.9 Å². The van der Waals surface area contributed by atoms with Gasteiger partial charge in [-0.05, 0) is 30.9 Å². The van der Waals surface area contributed by atoms with Gasteiger partial charge in [0.15, 0.2) is 0 Å². The summed E-state index contributed by atoms with van der Waals surface area (Å²) >= 11 is 11.9. The molecule has 106 valence electrons. The average molecular weight is 323 g/mol. The second kappa shape index (κ2) is 5.48. The van der Waals surface area contributed by atoms with Crippen LogP contribution in [0.25, 0.3) is 0 Å². The van der Waals surface area contributed by atoms with Crippen molar-refractivity contribution in [1.82, 2.24) is 4.31 Å². The number of nitrogens with two attached hydrogens (primary N) is 1. The van der Waals surface area contributed by atoms with Gasteiger partial charge in [0.25, 0.3) is 0 Å². The van der Waals surface area contributed by atoms with E-state index in [1.165, 1.54) is 16.4 Å². The first kappa shape index (κ1) is 14.9. The number of hydrogen-bond acceptors (Lipinski definition) is 3. The van der Waals surface area contributed by atoms with Crippen molar-refractivity contribution in [2.24, 2.45) is 5.92 Å². The predicted octanol–water partition coefficient (Wildman–Crippen LogP) is 3.00. The number of anilines is 1. The molecule has 2 rings (SSSR count). The largest absolute Gasteiger partial charge is 0.396 e. The zero-order chi connectivity index (χ0) is 14.2. The van der Waals surface area contributed by atoms with E-state index in [1.54, 1.807) is 0 Å². The first-order valence-electron chi connectivity index (χ1n) is 6.07. The summed E-state index contributed by atoms with van der Waals surface area (Å²) in [7, 11) is -3.60. The van der Waals surface area contributed by atoms with Crippen molar-refractivity contribution in [3.63, 3.8) is 0 Å². The number of rotatable bonds is 2. The molecule has 1 aliphatic heterocycles. The topological polar surface area (TPSA) is 63.4 Å². The molecule has 1 atom stereocenters. The van der Waals surface area contributed by atoms with Crippen LogP contribution in [0.3, 0.4) is 0 Å². The fraction of sp³-hybridized carbons (Fsp3) is 0.500. The highest BCUT2D eigenvalue weighted by molar-refractivity contribution is 7.89. The summed E-state index contributed by atoms with van der Waals surface area (Å²) < 4.78 is 26.6. The van der Waals surface area contributed by atoms with Crippen LogP contribution < -0.4 is 5.73 Å². The van der Waals surface area contributed by atoms with Crippen molar-refractivity contribution in [3.8, 4) is 0 Å². The summed E-state index contributed by atoms with van der Waals surface area (Å²) in [6, 6.07) is 2.87. The molecule has 0 aromatic heterocycles. The second-order valence-electron chi connectivity index (χ2n) is 4.88. The third kappa shape index (κ3) is 2.84. The van der Waals surface area contributed by atoms with E-state index >= 15 is 0 Å². The molecule has 0 aliphatic carbocycles. The number of benzene rings is 1. The van der Waals surface area contributed by atoms with Crippen LogP contribution in [0.2, 0.25) is 10.0 Å². The van der Waals surface area contributed by atoms with E-state index in [0.29, 0.717) is 19.0 Å². The summed E-state index contributed by atoms with van der Waals surface area (Å²) in [4.78, 5) is 0.0326. The van der Waals surface area contributed by atoms with Crippen molar-refractivity contribution in [1.29, 1.82) is 0 Å². The number of halogens is 2. The van der Waals surface area contributed by atoms with E-state index in [2.05, 4.69) is 0 Å². The van der Waals surface area contributed by atoms with Crippen LogP contribution in [-0.4, -0.2) is 25.8 Å². The number of hydrogen-bond donors (Lipinski definition) is 1. The smallest absolute Gasteiger partial charge is 0.244 e. The molecule has 0 bridgehead atoms. The summed E-state index contributed by atoms with van der Waals surface area (Å²) in [5.74, 6) is 0.354. The Morgan fingerprint density at radius 1 is 1.37 bits per heavy atom. The molecule has 1 aromatic rings. The minimum atomic E-state index is -3.60. The van der Waals surface area contributed by atoms with E-state index in [0.717, 1.165) is 12.8 Å². The normalized spacial score (nSPS) is 21.5. The molecule has 0 spiro atoms. The van der Waals surface area contributed by atoms with Crippen molar-refractivity contribution in [2.75, 3.05) is 18.8 Å². The van der Waals surface area contributed by atoms with Gasteiger partial charge in [-0.2, -0.15) is 4.31 Å². The molecule has 4 nitrogen and oxygen atoms in total. The Hall–Kier alpha value is -0.490. The highest BCUT2D eigenvalue weighted by Crippen LogP contribution is 2.35. The molecule has 7 heteroatoms. The van der Waals surface area contributed by atoms with Gasteiger partial charge >= 0.3 is 0 Å². The molecule has 1 unspecified atom stereocenters. The third-order valence-corrected chi connectivity index (χ3v) is 6.09. The molecule has 0 amide bonds. The third-order valence-electron chi connectivity index (χ3n) is 3.33. The average Bonchev–Trinajstić information content (AvgIpc) is 2.36. The lowest BCUT2D eigenvalue weighted by molar-refractivity contribution is 0.281. The number of nitrogens with zero attached hydrogens (tertiary/aromatic N) is 1. The number of piperidine rings is 1. The van der Waals surface area contributed by atoms with Crippen LogP contribution in [0.15, 0.2) is 17.0 Å². The standard InChI is InChI=1S/C12H16Cl2N2O2S/c1-8-3-2-6-16(7-8)19(17,18)10-5-4-9(13)12(15)11(10)14/h4-5,8H,2-3,6-7,15H2,1H3. The molecule has 1 saturated heterocycles. The van der Waals surface area contributed by atoms with Gasteiger partial charge in [0.1, 0.15) is 4.90 Å². The van der Waals surface area contributed by atoms with Crippen LogP contribution in [0.1, 0.15) is 19.8 Å². The Labute approximate surface area is 123 Å².